The minimum atomic E-state index is -0.793. The zero-order valence-electron chi connectivity index (χ0n) is 6.37. The zero-order chi connectivity index (χ0) is 7.78. The number of hydrogen-bond acceptors (Lipinski definition) is 3. The molecular weight excluding hydrogens is 132 g/mol. The number of aliphatic hydroxyl groups is 2. The van der Waals surface area contributed by atoms with Gasteiger partial charge in [0.2, 0.25) is 0 Å². The monoisotopic (exact) mass is 146 g/mol. The summed E-state index contributed by atoms with van der Waals surface area (Å²) in [5.41, 5.74) is -0.753. The van der Waals surface area contributed by atoms with E-state index in [0.717, 1.165) is 0 Å². The molecule has 2 N–H and O–H groups in total. The Kier molecular flexibility index (Phi) is 1.99. The maximum absolute atomic E-state index is 9.48. The summed E-state index contributed by atoms with van der Waals surface area (Å²) in [5.74, 6) is 0. The van der Waals surface area contributed by atoms with Crippen LogP contribution in [0.25, 0.3) is 0 Å². The standard InChI is InChI=1S/C7H14O3/c1-5-3-7(2,9)4-6(8)10-5/h5-6,8-9H,3-4H2,1-2H3. The summed E-state index contributed by atoms with van der Waals surface area (Å²) in [6.07, 6.45) is 0.0824. The molecule has 0 amide bonds. The van der Waals surface area contributed by atoms with Crippen molar-refractivity contribution >= 4 is 0 Å². The SMILES string of the molecule is CC1CC(C)(O)CC(O)O1. The van der Waals surface area contributed by atoms with Gasteiger partial charge in [-0.2, -0.15) is 0 Å². The van der Waals surface area contributed by atoms with E-state index in [4.69, 9.17) is 9.84 Å². The molecule has 3 nitrogen and oxygen atoms in total. The van der Waals surface area contributed by atoms with Crippen LogP contribution in [-0.2, 0) is 4.74 Å². The van der Waals surface area contributed by atoms with E-state index < -0.39 is 11.9 Å². The van der Waals surface area contributed by atoms with Gasteiger partial charge in [0.15, 0.2) is 6.29 Å². The predicted molar refractivity (Wildman–Crippen MR) is 36.4 cm³/mol. The van der Waals surface area contributed by atoms with Gasteiger partial charge in [-0.15, -0.1) is 0 Å². The Balaban J connectivity index is 2.51. The first-order chi connectivity index (χ1) is 4.49. The highest BCUT2D eigenvalue weighted by Crippen LogP contribution is 2.26. The van der Waals surface area contributed by atoms with Crippen LogP contribution in [0.4, 0.5) is 0 Å². The van der Waals surface area contributed by atoms with Gasteiger partial charge in [0.25, 0.3) is 0 Å². The molecule has 0 aromatic rings. The lowest BCUT2D eigenvalue weighted by Crippen LogP contribution is -2.41. The van der Waals surface area contributed by atoms with Crippen molar-refractivity contribution in [2.45, 2.75) is 44.7 Å². The first-order valence-electron chi connectivity index (χ1n) is 3.55. The first-order valence-corrected chi connectivity index (χ1v) is 3.55. The van der Waals surface area contributed by atoms with Crippen molar-refractivity contribution in [3.05, 3.63) is 0 Å². The Labute approximate surface area is 60.6 Å². The van der Waals surface area contributed by atoms with E-state index in [1.165, 1.54) is 0 Å². The minimum absolute atomic E-state index is 0.0428. The fourth-order valence-electron chi connectivity index (χ4n) is 1.44. The van der Waals surface area contributed by atoms with Crippen molar-refractivity contribution in [3.63, 3.8) is 0 Å². The van der Waals surface area contributed by atoms with Crippen LogP contribution in [0.1, 0.15) is 26.7 Å². The van der Waals surface area contributed by atoms with Crippen LogP contribution in [0.15, 0.2) is 0 Å². The molecule has 0 aromatic carbocycles. The summed E-state index contributed by atoms with van der Waals surface area (Å²) in [6, 6.07) is 0. The van der Waals surface area contributed by atoms with Gasteiger partial charge >= 0.3 is 0 Å². The molecule has 0 spiro atoms. The molecule has 3 atom stereocenters. The second kappa shape index (κ2) is 2.49. The van der Waals surface area contributed by atoms with Gasteiger partial charge in [-0.05, 0) is 13.8 Å². The molecular formula is C7H14O3. The van der Waals surface area contributed by atoms with E-state index >= 15 is 0 Å². The average Bonchev–Trinajstić information content (AvgIpc) is 1.54. The molecule has 60 valence electrons. The van der Waals surface area contributed by atoms with E-state index in [2.05, 4.69) is 0 Å². The van der Waals surface area contributed by atoms with Crippen molar-refractivity contribution in [2.75, 3.05) is 0 Å². The minimum Gasteiger partial charge on any atom is -0.390 e. The third kappa shape index (κ3) is 1.94. The van der Waals surface area contributed by atoms with Crippen molar-refractivity contribution in [2.24, 2.45) is 0 Å². The van der Waals surface area contributed by atoms with Crippen LogP contribution in [0, 0.1) is 0 Å². The second-order valence-corrected chi connectivity index (χ2v) is 3.31. The zero-order valence-corrected chi connectivity index (χ0v) is 6.37. The molecule has 1 fully saturated rings. The molecule has 0 radical (unpaired) electrons. The van der Waals surface area contributed by atoms with Crippen LogP contribution >= 0.6 is 0 Å². The number of ether oxygens (including phenoxy) is 1. The largest absolute Gasteiger partial charge is 0.390 e. The van der Waals surface area contributed by atoms with Gasteiger partial charge in [-0.3, -0.25) is 0 Å². The van der Waals surface area contributed by atoms with Gasteiger partial charge in [-0.25, -0.2) is 0 Å². The number of rotatable bonds is 0. The maximum Gasteiger partial charge on any atom is 0.157 e. The van der Waals surface area contributed by atoms with Crippen molar-refractivity contribution in [3.8, 4) is 0 Å². The highest BCUT2D eigenvalue weighted by Gasteiger charge is 2.33. The van der Waals surface area contributed by atoms with E-state index in [1.807, 2.05) is 6.92 Å². The van der Waals surface area contributed by atoms with Crippen LogP contribution in [0.2, 0.25) is 0 Å². The third-order valence-electron chi connectivity index (χ3n) is 1.73. The molecule has 1 heterocycles. The average molecular weight is 146 g/mol. The molecule has 0 aliphatic carbocycles. The van der Waals surface area contributed by atoms with Gasteiger partial charge in [-0.1, -0.05) is 0 Å². The molecule has 10 heavy (non-hydrogen) atoms. The van der Waals surface area contributed by atoms with Crippen LogP contribution in [0.3, 0.4) is 0 Å². The molecule has 3 unspecified atom stereocenters. The van der Waals surface area contributed by atoms with Crippen LogP contribution in [-0.4, -0.2) is 28.2 Å². The van der Waals surface area contributed by atoms with E-state index in [9.17, 15) is 5.11 Å². The van der Waals surface area contributed by atoms with Gasteiger partial charge in [0, 0.05) is 12.8 Å². The smallest absolute Gasteiger partial charge is 0.157 e. The Morgan fingerprint density at radius 2 is 2.10 bits per heavy atom. The topological polar surface area (TPSA) is 49.7 Å². The fraction of sp³-hybridized carbons (Fsp3) is 1.00. The van der Waals surface area contributed by atoms with Gasteiger partial charge in [0.05, 0.1) is 11.7 Å². The molecule has 1 aliphatic rings. The molecule has 1 rings (SSSR count). The molecule has 1 saturated heterocycles. The van der Waals surface area contributed by atoms with Crippen LogP contribution in [0.5, 0.6) is 0 Å². The third-order valence-corrected chi connectivity index (χ3v) is 1.73. The lowest BCUT2D eigenvalue weighted by molar-refractivity contribution is -0.208. The van der Waals surface area contributed by atoms with E-state index in [0.29, 0.717) is 12.8 Å². The number of aliphatic hydroxyl groups excluding tert-OH is 1. The Morgan fingerprint density at radius 1 is 1.50 bits per heavy atom. The van der Waals surface area contributed by atoms with E-state index in [-0.39, 0.29) is 6.10 Å². The molecule has 3 heteroatoms. The maximum atomic E-state index is 9.48. The summed E-state index contributed by atoms with van der Waals surface area (Å²) in [7, 11) is 0. The fourth-order valence-corrected chi connectivity index (χ4v) is 1.44. The number of hydrogen-bond donors (Lipinski definition) is 2. The lowest BCUT2D eigenvalue weighted by Gasteiger charge is -2.35. The van der Waals surface area contributed by atoms with Crippen LogP contribution < -0.4 is 0 Å². The quantitative estimate of drug-likeness (QED) is 0.515. The summed E-state index contributed by atoms with van der Waals surface area (Å²) >= 11 is 0. The van der Waals surface area contributed by atoms with Gasteiger partial charge in [0.1, 0.15) is 0 Å². The normalized spacial score (nSPS) is 49.2. The summed E-state index contributed by atoms with van der Waals surface area (Å²) in [5, 5.41) is 18.5. The highest BCUT2D eigenvalue weighted by atomic mass is 16.6. The molecule has 0 saturated carbocycles. The summed E-state index contributed by atoms with van der Waals surface area (Å²) < 4.78 is 5.02. The van der Waals surface area contributed by atoms with Crippen molar-refractivity contribution < 1.29 is 14.9 Å². The second-order valence-electron chi connectivity index (χ2n) is 3.31. The molecule has 0 aromatic heterocycles. The van der Waals surface area contributed by atoms with E-state index in [1.54, 1.807) is 6.92 Å². The Hall–Kier alpha value is -0.120. The van der Waals surface area contributed by atoms with Crippen molar-refractivity contribution in [1.29, 1.82) is 0 Å². The summed E-state index contributed by atoms with van der Waals surface area (Å²) in [6.45, 7) is 3.56. The molecule has 1 aliphatic heterocycles. The predicted octanol–water partition coefficient (Wildman–Crippen LogP) is 0.255. The Bertz CT molecular complexity index is 110. The lowest BCUT2D eigenvalue weighted by atomic mass is 9.92. The first kappa shape index (κ1) is 7.98. The van der Waals surface area contributed by atoms with Gasteiger partial charge < -0.3 is 14.9 Å². The highest BCUT2D eigenvalue weighted by molar-refractivity contribution is 4.80. The van der Waals surface area contributed by atoms with Crippen molar-refractivity contribution in [1.82, 2.24) is 0 Å². The Morgan fingerprint density at radius 3 is 2.50 bits per heavy atom. The summed E-state index contributed by atoms with van der Waals surface area (Å²) in [4.78, 5) is 0. The molecule has 0 bridgehead atoms.